The van der Waals surface area contributed by atoms with Gasteiger partial charge >= 0.3 is 5.97 Å². The Morgan fingerprint density at radius 3 is 2.31 bits per heavy atom. The minimum Gasteiger partial charge on any atom is -0.445 e. The van der Waals surface area contributed by atoms with E-state index in [0.717, 1.165) is 17.7 Å². The third kappa shape index (κ3) is 3.84. The van der Waals surface area contributed by atoms with E-state index in [2.05, 4.69) is 0 Å². The standard InChI is InChI=1S/C21H21N3O7S/c1-21(14-15-4-2-3-5-18(15)19(25)31-21)20(26)22-10-12-23(13-11-22)32(29,30)17-8-6-16(7-9-17)24(27)28/h2-9H,10-14H2,1H3. The van der Waals surface area contributed by atoms with E-state index in [0.29, 0.717) is 5.56 Å². The normalized spacial score (nSPS) is 21.5. The van der Waals surface area contributed by atoms with Crippen molar-refractivity contribution in [2.45, 2.75) is 23.8 Å². The van der Waals surface area contributed by atoms with Gasteiger partial charge in [-0.15, -0.1) is 0 Å². The first-order valence-corrected chi connectivity index (χ1v) is 11.4. The molecule has 0 radical (unpaired) electrons. The molecule has 0 saturated carbocycles. The maximum Gasteiger partial charge on any atom is 0.339 e. The minimum absolute atomic E-state index is 0.0485. The van der Waals surface area contributed by atoms with Crippen molar-refractivity contribution in [1.29, 1.82) is 0 Å². The van der Waals surface area contributed by atoms with Gasteiger partial charge in [0.1, 0.15) is 0 Å². The van der Waals surface area contributed by atoms with Crippen LogP contribution in [0.2, 0.25) is 0 Å². The number of piperazine rings is 1. The first-order valence-electron chi connectivity index (χ1n) is 9.97. The van der Waals surface area contributed by atoms with Crippen LogP contribution >= 0.6 is 0 Å². The Balaban J connectivity index is 1.45. The highest BCUT2D eigenvalue weighted by molar-refractivity contribution is 7.89. The number of nitro benzene ring substituents is 1. The summed E-state index contributed by atoms with van der Waals surface area (Å²) in [6.07, 6.45) is 0.245. The molecule has 2 aliphatic rings. The maximum atomic E-state index is 13.2. The number of hydrogen-bond acceptors (Lipinski definition) is 7. The van der Waals surface area contributed by atoms with Crippen molar-refractivity contribution in [3.05, 3.63) is 69.8 Å². The quantitative estimate of drug-likeness (QED) is 0.386. The van der Waals surface area contributed by atoms with Gasteiger partial charge in [0, 0.05) is 44.7 Å². The molecule has 0 spiro atoms. The number of sulfonamides is 1. The summed E-state index contributed by atoms with van der Waals surface area (Å²) in [5, 5.41) is 10.8. The van der Waals surface area contributed by atoms with E-state index in [-0.39, 0.29) is 49.1 Å². The lowest BCUT2D eigenvalue weighted by molar-refractivity contribution is -0.384. The SMILES string of the molecule is CC1(C(=O)N2CCN(S(=O)(=O)c3ccc([N+](=O)[O-])cc3)CC2)Cc2ccccc2C(=O)O1. The largest absolute Gasteiger partial charge is 0.445 e. The summed E-state index contributed by atoms with van der Waals surface area (Å²) in [6, 6.07) is 11.7. The van der Waals surface area contributed by atoms with Crippen molar-refractivity contribution in [3.8, 4) is 0 Å². The molecule has 1 unspecified atom stereocenters. The van der Waals surface area contributed by atoms with Gasteiger partial charge in [0.05, 0.1) is 15.4 Å². The minimum atomic E-state index is -3.86. The van der Waals surface area contributed by atoms with E-state index < -0.39 is 26.5 Å². The molecule has 0 bridgehead atoms. The maximum absolute atomic E-state index is 13.2. The topological polar surface area (TPSA) is 127 Å². The highest BCUT2D eigenvalue weighted by Gasteiger charge is 2.45. The molecule has 32 heavy (non-hydrogen) atoms. The Bertz CT molecular complexity index is 1190. The fourth-order valence-corrected chi connectivity index (χ4v) is 5.43. The smallest absolute Gasteiger partial charge is 0.339 e. The van der Waals surface area contributed by atoms with Gasteiger partial charge in [-0.05, 0) is 30.7 Å². The molecule has 0 aromatic heterocycles. The number of amides is 1. The van der Waals surface area contributed by atoms with Gasteiger partial charge in [0.2, 0.25) is 10.0 Å². The van der Waals surface area contributed by atoms with Crippen LogP contribution in [0.5, 0.6) is 0 Å². The second-order valence-electron chi connectivity index (χ2n) is 7.90. The predicted octanol–water partition coefficient (Wildman–Crippen LogP) is 1.60. The predicted molar refractivity (Wildman–Crippen MR) is 112 cm³/mol. The molecule has 4 rings (SSSR count). The van der Waals surface area contributed by atoms with Crippen LogP contribution in [0.15, 0.2) is 53.4 Å². The van der Waals surface area contributed by atoms with Crippen molar-refractivity contribution in [1.82, 2.24) is 9.21 Å². The van der Waals surface area contributed by atoms with E-state index in [4.69, 9.17) is 4.74 Å². The van der Waals surface area contributed by atoms with Crippen molar-refractivity contribution in [2.24, 2.45) is 0 Å². The summed E-state index contributed by atoms with van der Waals surface area (Å²) in [5.74, 6) is -0.921. The fraction of sp³-hybridized carbons (Fsp3) is 0.333. The number of benzene rings is 2. The molecule has 2 aromatic carbocycles. The van der Waals surface area contributed by atoms with Gasteiger partial charge < -0.3 is 9.64 Å². The lowest BCUT2D eigenvalue weighted by Crippen LogP contribution is -2.58. The molecule has 0 N–H and O–H groups in total. The molecule has 11 heteroatoms. The lowest BCUT2D eigenvalue weighted by Gasteiger charge is -2.40. The molecule has 2 aliphatic heterocycles. The Hall–Kier alpha value is -3.31. The number of carbonyl (C=O) groups is 2. The average Bonchev–Trinajstić information content (AvgIpc) is 2.78. The van der Waals surface area contributed by atoms with Crippen LogP contribution in [0.4, 0.5) is 5.69 Å². The summed E-state index contributed by atoms with van der Waals surface area (Å²) in [6.45, 7) is 1.97. The number of nitrogens with zero attached hydrogens (tertiary/aromatic N) is 3. The van der Waals surface area contributed by atoms with E-state index in [1.807, 2.05) is 0 Å². The fourth-order valence-electron chi connectivity index (χ4n) is 4.01. The van der Waals surface area contributed by atoms with Crippen molar-refractivity contribution in [2.75, 3.05) is 26.2 Å². The van der Waals surface area contributed by atoms with Crippen molar-refractivity contribution < 1.29 is 27.7 Å². The first-order chi connectivity index (χ1) is 15.1. The van der Waals surface area contributed by atoms with Gasteiger partial charge in [-0.2, -0.15) is 4.31 Å². The van der Waals surface area contributed by atoms with Crippen LogP contribution in [0, 0.1) is 10.1 Å². The second-order valence-corrected chi connectivity index (χ2v) is 9.84. The number of carbonyl (C=O) groups excluding carboxylic acids is 2. The molecular weight excluding hydrogens is 438 g/mol. The van der Waals surface area contributed by atoms with Gasteiger partial charge in [-0.25, -0.2) is 13.2 Å². The number of fused-ring (bicyclic) bond motifs is 1. The van der Waals surface area contributed by atoms with E-state index in [1.54, 1.807) is 31.2 Å². The molecule has 1 atom stereocenters. The summed E-state index contributed by atoms with van der Waals surface area (Å²) < 4.78 is 32.5. The number of hydrogen-bond donors (Lipinski definition) is 0. The summed E-state index contributed by atoms with van der Waals surface area (Å²) >= 11 is 0. The molecule has 0 aliphatic carbocycles. The Kier molecular flexibility index (Phi) is 5.47. The lowest BCUT2D eigenvalue weighted by atomic mass is 9.89. The monoisotopic (exact) mass is 459 g/mol. The Morgan fingerprint density at radius 1 is 1.06 bits per heavy atom. The highest BCUT2D eigenvalue weighted by Crippen LogP contribution is 2.30. The third-order valence-electron chi connectivity index (χ3n) is 5.75. The molecule has 1 amide bonds. The number of cyclic esters (lactones) is 1. The number of ether oxygens (including phenoxy) is 1. The molecule has 2 heterocycles. The zero-order valence-electron chi connectivity index (χ0n) is 17.3. The molecule has 1 fully saturated rings. The van der Waals surface area contributed by atoms with Crippen LogP contribution in [0.1, 0.15) is 22.8 Å². The summed E-state index contributed by atoms with van der Waals surface area (Å²) in [4.78, 5) is 37.2. The highest BCUT2D eigenvalue weighted by atomic mass is 32.2. The Morgan fingerprint density at radius 2 is 1.69 bits per heavy atom. The van der Waals surface area contributed by atoms with Crippen LogP contribution in [-0.4, -0.2) is 66.2 Å². The average molecular weight is 459 g/mol. The number of esters is 1. The first kappa shape index (κ1) is 21.9. The van der Waals surface area contributed by atoms with Crippen LogP contribution < -0.4 is 0 Å². The molecule has 168 valence electrons. The summed E-state index contributed by atoms with van der Waals surface area (Å²) in [7, 11) is -3.86. The number of nitro groups is 1. The van der Waals surface area contributed by atoms with E-state index in [1.165, 1.54) is 21.3 Å². The second kappa shape index (κ2) is 7.99. The van der Waals surface area contributed by atoms with Gasteiger partial charge in [0.15, 0.2) is 5.60 Å². The van der Waals surface area contributed by atoms with E-state index in [9.17, 15) is 28.1 Å². The molecule has 10 nitrogen and oxygen atoms in total. The van der Waals surface area contributed by atoms with E-state index >= 15 is 0 Å². The van der Waals surface area contributed by atoms with Gasteiger partial charge in [0.25, 0.3) is 11.6 Å². The molecule has 2 aromatic rings. The van der Waals surface area contributed by atoms with Gasteiger partial charge in [-0.1, -0.05) is 18.2 Å². The zero-order chi connectivity index (χ0) is 23.1. The van der Waals surface area contributed by atoms with Crippen LogP contribution in [-0.2, 0) is 26.0 Å². The molecular formula is C21H21N3O7S. The summed E-state index contributed by atoms with van der Waals surface area (Å²) in [5.41, 5.74) is -0.378. The van der Waals surface area contributed by atoms with Crippen LogP contribution in [0.25, 0.3) is 0 Å². The van der Waals surface area contributed by atoms with Crippen molar-refractivity contribution >= 4 is 27.6 Å². The van der Waals surface area contributed by atoms with Crippen LogP contribution in [0.3, 0.4) is 0 Å². The number of non-ortho nitro benzene ring substituents is 1. The zero-order valence-corrected chi connectivity index (χ0v) is 18.1. The Labute approximate surface area is 184 Å². The number of rotatable bonds is 4. The van der Waals surface area contributed by atoms with Gasteiger partial charge in [-0.3, -0.25) is 14.9 Å². The van der Waals surface area contributed by atoms with Crippen molar-refractivity contribution in [3.63, 3.8) is 0 Å². The third-order valence-corrected chi connectivity index (χ3v) is 7.66. The molecule has 1 saturated heterocycles.